The number of ether oxygens (including phenoxy) is 1. The molecular weight excluding hydrogens is 500 g/mol. The van der Waals surface area contributed by atoms with Crippen molar-refractivity contribution in [2.75, 3.05) is 6.61 Å². The SMILES string of the molecule is CCCOc1ccc(-c2nn(-c3ccccc3)cc2/C=C2/C(=O)N(C3CCCCC3)C(=O)C(C#N)=C2C)c(C)c1. The Morgan fingerprint density at radius 1 is 1.05 bits per heavy atom. The maximum Gasteiger partial charge on any atom is 0.271 e. The van der Waals surface area contributed by atoms with E-state index in [1.165, 1.54) is 4.90 Å². The summed E-state index contributed by atoms with van der Waals surface area (Å²) in [6.07, 6.45) is 9.18. The van der Waals surface area contributed by atoms with E-state index in [9.17, 15) is 14.9 Å². The number of amides is 2. The number of hydrogen-bond donors (Lipinski definition) is 0. The third-order valence-corrected chi connectivity index (χ3v) is 7.70. The Morgan fingerprint density at radius 2 is 1.80 bits per heavy atom. The van der Waals surface area contributed by atoms with Crippen LogP contribution in [-0.2, 0) is 9.59 Å². The zero-order valence-corrected chi connectivity index (χ0v) is 23.3. The minimum atomic E-state index is -0.479. The van der Waals surface area contributed by atoms with Gasteiger partial charge in [-0.25, -0.2) is 4.68 Å². The second-order valence-electron chi connectivity index (χ2n) is 10.5. The maximum atomic E-state index is 13.9. The van der Waals surface area contributed by atoms with Crippen molar-refractivity contribution in [2.45, 2.75) is 65.3 Å². The van der Waals surface area contributed by atoms with Crippen LogP contribution in [0.2, 0.25) is 0 Å². The number of benzene rings is 2. The van der Waals surface area contributed by atoms with Gasteiger partial charge in [0.2, 0.25) is 0 Å². The van der Waals surface area contributed by atoms with Gasteiger partial charge in [0.15, 0.2) is 0 Å². The molecule has 3 aromatic rings. The van der Waals surface area contributed by atoms with Gasteiger partial charge < -0.3 is 4.74 Å². The molecule has 2 aliphatic rings. The van der Waals surface area contributed by atoms with Crippen LogP contribution in [0.15, 0.2) is 71.4 Å². The molecule has 2 amide bonds. The van der Waals surface area contributed by atoms with Crippen molar-refractivity contribution in [3.63, 3.8) is 0 Å². The summed E-state index contributed by atoms with van der Waals surface area (Å²) in [5.74, 6) is -0.0216. The number of carbonyl (C=O) groups is 2. The molecule has 1 aliphatic carbocycles. The van der Waals surface area contributed by atoms with Gasteiger partial charge in [-0.1, -0.05) is 44.4 Å². The molecule has 0 spiro atoms. The number of para-hydroxylation sites is 1. The molecule has 40 heavy (non-hydrogen) atoms. The highest BCUT2D eigenvalue weighted by Crippen LogP contribution is 2.35. The molecule has 1 aromatic heterocycles. The van der Waals surface area contributed by atoms with Gasteiger partial charge in [-0.05, 0) is 80.7 Å². The highest BCUT2D eigenvalue weighted by atomic mass is 16.5. The number of aromatic nitrogens is 2. The van der Waals surface area contributed by atoms with Crippen molar-refractivity contribution in [2.24, 2.45) is 0 Å². The molecule has 1 fully saturated rings. The molecule has 204 valence electrons. The van der Waals surface area contributed by atoms with Crippen LogP contribution < -0.4 is 4.74 Å². The first-order chi connectivity index (χ1) is 19.4. The van der Waals surface area contributed by atoms with Gasteiger partial charge in [0.25, 0.3) is 11.8 Å². The van der Waals surface area contributed by atoms with Gasteiger partial charge in [-0.3, -0.25) is 14.5 Å². The van der Waals surface area contributed by atoms with Gasteiger partial charge in [-0.2, -0.15) is 10.4 Å². The molecule has 1 saturated carbocycles. The van der Waals surface area contributed by atoms with Crippen LogP contribution in [0.25, 0.3) is 23.0 Å². The first kappa shape index (κ1) is 27.1. The minimum Gasteiger partial charge on any atom is -0.494 e. The van der Waals surface area contributed by atoms with Crippen LogP contribution in [0, 0.1) is 18.3 Å². The fraction of sp³-hybridized carbons (Fsp3) is 0.333. The number of hydrogen-bond acceptors (Lipinski definition) is 5. The number of aryl methyl sites for hydroxylation is 1. The molecule has 1 aliphatic heterocycles. The number of nitriles is 1. The number of carbonyl (C=O) groups excluding carboxylic acids is 2. The van der Waals surface area contributed by atoms with Crippen molar-refractivity contribution < 1.29 is 14.3 Å². The zero-order chi connectivity index (χ0) is 28.2. The monoisotopic (exact) mass is 534 g/mol. The lowest BCUT2D eigenvalue weighted by molar-refractivity contribution is -0.143. The van der Waals surface area contributed by atoms with E-state index in [-0.39, 0.29) is 17.5 Å². The molecule has 5 rings (SSSR count). The van der Waals surface area contributed by atoms with E-state index >= 15 is 0 Å². The number of rotatable bonds is 7. The summed E-state index contributed by atoms with van der Waals surface area (Å²) in [6, 6.07) is 17.6. The van der Waals surface area contributed by atoms with Crippen LogP contribution in [-0.4, -0.2) is 39.1 Å². The topological polar surface area (TPSA) is 88.2 Å². The zero-order valence-electron chi connectivity index (χ0n) is 23.3. The molecule has 0 radical (unpaired) electrons. The lowest BCUT2D eigenvalue weighted by Gasteiger charge is -2.36. The summed E-state index contributed by atoms with van der Waals surface area (Å²) in [7, 11) is 0. The largest absolute Gasteiger partial charge is 0.494 e. The molecule has 0 atom stereocenters. The Morgan fingerprint density at radius 3 is 2.48 bits per heavy atom. The molecule has 0 bridgehead atoms. The molecule has 7 heteroatoms. The number of imide groups is 1. The van der Waals surface area contributed by atoms with Gasteiger partial charge in [0, 0.05) is 28.9 Å². The summed E-state index contributed by atoms with van der Waals surface area (Å²) in [5.41, 5.74) is 5.01. The van der Waals surface area contributed by atoms with Crippen molar-refractivity contribution in [1.29, 1.82) is 5.26 Å². The lowest BCUT2D eigenvalue weighted by Crippen LogP contribution is -2.49. The Bertz CT molecular complexity index is 1540. The molecule has 0 unspecified atom stereocenters. The summed E-state index contributed by atoms with van der Waals surface area (Å²) in [5, 5.41) is 14.8. The van der Waals surface area contributed by atoms with E-state index in [0.29, 0.717) is 23.4 Å². The van der Waals surface area contributed by atoms with Crippen LogP contribution in [0.3, 0.4) is 0 Å². The maximum absolute atomic E-state index is 13.9. The lowest BCUT2D eigenvalue weighted by atomic mass is 9.88. The summed E-state index contributed by atoms with van der Waals surface area (Å²) in [6.45, 7) is 6.41. The van der Waals surface area contributed by atoms with Gasteiger partial charge in [0.1, 0.15) is 23.1 Å². The molecule has 2 heterocycles. The Labute approximate surface area is 235 Å². The van der Waals surface area contributed by atoms with E-state index in [1.54, 1.807) is 17.7 Å². The predicted octanol–water partition coefficient (Wildman–Crippen LogP) is 6.56. The van der Waals surface area contributed by atoms with Crippen molar-refractivity contribution in [1.82, 2.24) is 14.7 Å². The highest BCUT2D eigenvalue weighted by Gasteiger charge is 2.40. The van der Waals surface area contributed by atoms with E-state index in [0.717, 1.165) is 66.7 Å². The fourth-order valence-corrected chi connectivity index (χ4v) is 5.55. The summed E-state index contributed by atoms with van der Waals surface area (Å²) in [4.78, 5) is 28.5. The summed E-state index contributed by atoms with van der Waals surface area (Å²) >= 11 is 0. The van der Waals surface area contributed by atoms with Crippen LogP contribution >= 0.6 is 0 Å². The Kier molecular flexibility index (Phi) is 7.97. The average Bonchev–Trinajstić information content (AvgIpc) is 3.39. The first-order valence-corrected chi connectivity index (χ1v) is 14.0. The van der Waals surface area contributed by atoms with E-state index in [2.05, 4.69) is 13.0 Å². The average molecular weight is 535 g/mol. The number of nitrogens with zero attached hydrogens (tertiary/aromatic N) is 4. The predicted molar refractivity (Wildman–Crippen MR) is 155 cm³/mol. The molecule has 7 nitrogen and oxygen atoms in total. The smallest absolute Gasteiger partial charge is 0.271 e. The van der Waals surface area contributed by atoms with E-state index < -0.39 is 5.91 Å². The van der Waals surface area contributed by atoms with Crippen molar-refractivity contribution in [3.8, 4) is 28.8 Å². The van der Waals surface area contributed by atoms with Gasteiger partial charge in [-0.15, -0.1) is 0 Å². The molecule has 0 saturated heterocycles. The molecule has 0 N–H and O–H groups in total. The molecule has 2 aromatic carbocycles. The second-order valence-corrected chi connectivity index (χ2v) is 10.5. The normalized spacial score (nSPS) is 17.4. The summed E-state index contributed by atoms with van der Waals surface area (Å²) < 4.78 is 7.62. The molecular formula is C33H34N4O3. The highest BCUT2D eigenvalue weighted by molar-refractivity contribution is 6.20. The van der Waals surface area contributed by atoms with Gasteiger partial charge in [0.05, 0.1) is 12.3 Å². The van der Waals surface area contributed by atoms with E-state index in [1.807, 2.05) is 61.7 Å². The van der Waals surface area contributed by atoms with Crippen molar-refractivity contribution >= 4 is 17.9 Å². The van der Waals surface area contributed by atoms with Crippen LogP contribution in [0.1, 0.15) is 63.5 Å². The standard InChI is InChI=1S/C33H34N4O3/c1-4-17-40-27-15-16-28(22(2)18-27)31-24(21-36(35-31)25-11-7-5-8-12-25)19-29-23(3)30(20-34)33(39)37(32(29)38)26-13-9-6-10-14-26/h5,7-8,11-12,15-16,18-19,21,26H,4,6,9-10,13-14,17H2,1-3H3/b29-19+. The second kappa shape index (κ2) is 11.7. The van der Waals surface area contributed by atoms with Crippen LogP contribution in [0.4, 0.5) is 0 Å². The Hall–Kier alpha value is -4.44. The van der Waals surface area contributed by atoms with Crippen molar-refractivity contribution in [3.05, 3.63) is 82.6 Å². The van der Waals surface area contributed by atoms with Gasteiger partial charge >= 0.3 is 0 Å². The minimum absolute atomic E-state index is 0.0297. The van der Waals surface area contributed by atoms with Crippen LogP contribution in [0.5, 0.6) is 5.75 Å². The fourth-order valence-electron chi connectivity index (χ4n) is 5.55. The quantitative estimate of drug-likeness (QED) is 0.253. The Balaban J connectivity index is 1.65. The first-order valence-electron chi connectivity index (χ1n) is 14.0. The third kappa shape index (κ3) is 5.22. The van der Waals surface area contributed by atoms with E-state index in [4.69, 9.17) is 9.84 Å². The third-order valence-electron chi connectivity index (χ3n) is 7.70.